The molecular formula is C9H14N5O4P. The summed E-state index contributed by atoms with van der Waals surface area (Å²) in [5.41, 5.74) is 6.57. The molecule has 2 rings (SSSR count). The molecule has 10 heteroatoms. The third kappa shape index (κ3) is 3.71. The second kappa shape index (κ2) is 5.22. The van der Waals surface area contributed by atoms with Crippen molar-refractivity contribution in [1.29, 1.82) is 0 Å². The average molecular weight is 287 g/mol. The number of hydrogen-bond donors (Lipinski definition) is 4. The summed E-state index contributed by atoms with van der Waals surface area (Å²) in [6.45, 7) is 0.327. The number of fused-ring (bicyclic) bond motifs is 1. The SMILES string of the molecule is Nc1ncc2ncn(CC[C@@H](O)CP(=O)(O)O)c2n1. The second-order valence-electron chi connectivity index (χ2n) is 4.16. The number of aliphatic hydroxyl groups excluding tert-OH is 1. The summed E-state index contributed by atoms with van der Waals surface area (Å²) in [6.07, 6.45) is 1.54. The van der Waals surface area contributed by atoms with Crippen molar-refractivity contribution in [3.8, 4) is 0 Å². The molecule has 0 unspecified atom stereocenters. The van der Waals surface area contributed by atoms with Gasteiger partial charge in [-0.15, -0.1) is 0 Å². The van der Waals surface area contributed by atoms with Crippen LogP contribution in [0.15, 0.2) is 12.5 Å². The number of rotatable bonds is 5. The number of aromatic nitrogens is 4. The molecule has 0 aliphatic rings. The molecule has 0 bridgehead atoms. The third-order valence-corrected chi connectivity index (χ3v) is 3.43. The largest absolute Gasteiger partial charge is 0.392 e. The number of aryl methyl sites for hydroxylation is 1. The minimum Gasteiger partial charge on any atom is -0.392 e. The van der Waals surface area contributed by atoms with Crippen molar-refractivity contribution in [3.05, 3.63) is 12.5 Å². The standard InChI is InChI=1S/C9H14N5O4P/c10-9-11-3-7-8(13-9)14(5-12-7)2-1-6(15)4-19(16,17)18/h3,5-6,15H,1-2,4H2,(H2,10,11,13)(H2,16,17,18)/t6-/m1/s1. The zero-order valence-corrected chi connectivity index (χ0v) is 10.8. The highest BCUT2D eigenvalue weighted by Gasteiger charge is 2.19. The first-order valence-corrected chi connectivity index (χ1v) is 7.31. The first-order valence-electron chi connectivity index (χ1n) is 5.51. The van der Waals surface area contributed by atoms with Gasteiger partial charge >= 0.3 is 7.60 Å². The topological polar surface area (TPSA) is 147 Å². The average Bonchev–Trinajstić information content (AvgIpc) is 2.66. The number of hydrogen-bond acceptors (Lipinski definition) is 6. The van der Waals surface area contributed by atoms with Crippen molar-refractivity contribution in [3.63, 3.8) is 0 Å². The normalized spacial score (nSPS) is 13.8. The smallest absolute Gasteiger partial charge is 0.328 e. The molecular weight excluding hydrogens is 273 g/mol. The van der Waals surface area contributed by atoms with Crippen molar-refractivity contribution in [2.24, 2.45) is 0 Å². The maximum Gasteiger partial charge on any atom is 0.328 e. The Morgan fingerprint density at radius 3 is 2.84 bits per heavy atom. The molecule has 2 aromatic heterocycles. The maximum atomic E-state index is 10.7. The van der Waals surface area contributed by atoms with Gasteiger partial charge in [-0.3, -0.25) is 4.57 Å². The van der Waals surface area contributed by atoms with Gasteiger partial charge in [0, 0.05) is 6.54 Å². The molecule has 0 aliphatic carbocycles. The minimum absolute atomic E-state index is 0.116. The van der Waals surface area contributed by atoms with E-state index in [2.05, 4.69) is 15.0 Å². The summed E-state index contributed by atoms with van der Waals surface area (Å²) in [5, 5.41) is 9.53. The van der Waals surface area contributed by atoms with Crippen LogP contribution in [0.2, 0.25) is 0 Å². The third-order valence-electron chi connectivity index (χ3n) is 2.53. The van der Waals surface area contributed by atoms with E-state index in [1.807, 2.05) is 0 Å². The van der Waals surface area contributed by atoms with Crippen molar-refractivity contribution < 1.29 is 19.5 Å². The summed E-state index contributed by atoms with van der Waals surface area (Å²) in [4.78, 5) is 29.4. The van der Waals surface area contributed by atoms with Crippen LogP contribution >= 0.6 is 7.60 Å². The predicted molar refractivity (Wildman–Crippen MR) is 67.3 cm³/mol. The number of nitrogen functional groups attached to an aromatic ring is 1. The highest BCUT2D eigenvalue weighted by Crippen LogP contribution is 2.35. The van der Waals surface area contributed by atoms with Crippen molar-refractivity contribution in [2.45, 2.75) is 19.1 Å². The summed E-state index contributed by atoms with van der Waals surface area (Å²) >= 11 is 0. The molecule has 0 spiro atoms. The lowest BCUT2D eigenvalue weighted by Gasteiger charge is -2.11. The highest BCUT2D eigenvalue weighted by molar-refractivity contribution is 7.51. The fourth-order valence-corrected chi connectivity index (χ4v) is 2.42. The molecule has 0 fully saturated rings. The number of anilines is 1. The molecule has 0 aliphatic heterocycles. The molecule has 0 saturated heterocycles. The quantitative estimate of drug-likeness (QED) is 0.529. The van der Waals surface area contributed by atoms with Gasteiger partial charge < -0.3 is 25.2 Å². The summed E-state index contributed by atoms with van der Waals surface area (Å²) in [6, 6.07) is 0. The van der Waals surface area contributed by atoms with Gasteiger partial charge in [0.2, 0.25) is 5.95 Å². The van der Waals surface area contributed by atoms with Crippen molar-refractivity contribution >= 4 is 24.7 Å². The van der Waals surface area contributed by atoms with Gasteiger partial charge in [-0.25, -0.2) is 9.97 Å². The molecule has 1 atom stereocenters. The van der Waals surface area contributed by atoms with E-state index in [-0.39, 0.29) is 12.4 Å². The zero-order chi connectivity index (χ0) is 14.0. The van der Waals surface area contributed by atoms with Crippen LogP contribution in [0.25, 0.3) is 11.2 Å². The molecule has 0 amide bonds. The Labute approximate surface area is 108 Å². The van der Waals surface area contributed by atoms with Crippen molar-refractivity contribution in [1.82, 2.24) is 19.5 Å². The summed E-state index contributed by atoms with van der Waals surface area (Å²) < 4.78 is 12.4. The van der Waals surface area contributed by atoms with E-state index in [4.69, 9.17) is 15.5 Å². The van der Waals surface area contributed by atoms with E-state index >= 15 is 0 Å². The van der Waals surface area contributed by atoms with E-state index in [0.717, 1.165) is 0 Å². The molecule has 5 N–H and O–H groups in total. The van der Waals surface area contributed by atoms with E-state index < -0.39 is 19.9 Å². The predicted octanol–water partition coefficient (Wildman–Crippen LogP) is -0.663. The number of aliphatic hydroxyl groups is 1. The molecule has 19 heavy (non-hydrogen) atoms. The summed E-state index contributed by atoms with van der Waals surface area (Å²) in [7, 11) is -4.20. The molecule has 2 aromatic rings. The van der Waals surface area contributed by atoms with E-state index in [1.165, 1.54) is 12.5 Å². The first kappa shape index (κ1) is 13.9. The lowest BCUT2D eigenvalue weighted by molar-refractivity contribution is 0.173. The second-order valence-corrected chi connectivity index (χ2v) is 5.86. The Balaban J connectivity index is 2.06. The van der Waals surface area contributed by atoms with Gasteiger partial charge in [0.05, 0.1) is 24.8 Å². The Morgan fingerprint density at radius 1 is 1.42 bits per heavy atom. The molecule has 0 aromatic carbocycles. The van der Waals surface area contributed by atoms with Gasteiger partial charge in [-0.2, -0.15) is 4.98 Å². The van der Waals surface area contributed by atoms with Crippen LogP contribution < -0.4 is 5.73 Å². The Morgan fingerprint density at radius 2 is 2.16 bits per heavy atom. The van der Waals surface area contributed by atoms with Crippen molar-refractivity contribution in [2.75, 3.05) is 11.9 Å². The molecule has 0 radical (unpaired) electrons. The molecule has 0 saturated carbocycles. The molecule has 2 heterocycles. The molecule has 9 nitrogen and oxygen atoms in total. The first-order chi connectivity index (χ1) is 8.85. The summed E-state index contributed by atoms with van der Waals surface area (Å²) in [5.74, 6) is 0.116. The van der Waals surface area contributed by atoms with Gasteiger partial charge in [0.15, 0.2) is 5.65 Å². The number of imidazole rings is 1. The van der Waals surface area contributed by atoms with Gasteiger partial charge in [0.1, 0.15) is 5.52 Å². The monoisotopic (exact) mass is 287 g/mol. The van der Waals surface area contributed by atoms with Crippen LogP contribution in [0.1, 0.15) is 6.42 Å². The Hall–Kier alpha value is -1.54. The number of nitrogens with two attached hydrogens (primary N) is 1. The van der Waals surface area contributed by atoms with E-state index in [9.17, 15) is 9.67 Å². The van der Waals surface area contributed by atoms with Gasteiger partial charge in [0.25, 0.3) is 0 Å². The lowest BCUT2D eigenvalue weighted by atomic mass is 10.3. The Bertz CT molecular complexity index is 624. The fourth-order valence-electron chi connectivity index (χ4n) is 1.69. The lowest BCUT2D eigenvalue weighted by Crippen LogP contribution is -2.15. The minimum atomic E-state index is -4.20. The van der Waals surface area contributed by atoms with Crippen LogP contribution in [0.3, 0.4) is 0 Å². The van der Waals surface area contributed by atoms with Gasteiger partial charge in [-0.05, 0) is 6.42 Å². The number of nitrogens with zero attached hydrogens (tertiary/aromatic N) is 4. The fraction of sp³-hybridized carbons (Fsp3) is 0.444. The van der Waals surface area contributed by atoms with Crippen LogP contribution in [0, 0.1) is 0 Å². The van der Waals surface area contributed by atoms with Crippen LogP contribution in [-0.2, 0) is 11.1 Å². The molecule has 104 valence electrons. The van der Waals surface area contributed by atoms with Gasteiger partial charge in [-0.1, -0.05) is 0 Å². The van der Waals surface area contributed by atoms with Crippen LogP contribution in [0.5, 0.6) is 0 Å². The highest BCUT2D eigenvalue weighted by atomic mass is 31.2. The van der Waals surface area contributed by atoms with Crippen LogP contribution in [0.4, 0.5) is 5.95 Å². The zero-order valence-electron chi connectivity index (χ0n) is 9.92. The Kier molecular flexibility index (Phi) is 3.81. The van der Waals surface area contributed by atoms with E-state index in [0.29, 0.717) is 17.7 Å². The van der Waals surface area contributed by atoms with Crippen LogP contribution in [-0.4, -0.2) is 46.7 Å². The maximum absolute atomic E-state index is 10.7. The van der Waals surface area contributed by atoms with E-state index in [1.54, 1.807) is 4.57 Å².